The van der Waals surface area contributed by atoms with E-state index in [1.807, 2.05) is 19.1 Å². The van der Waals surface area contributed by atoms with Gasteiger partial charge in [-0.2, -0.15) is 0 Å². The molecule has 0 aliphatic carbocycles. The van der Waals surface area contributed by atoms with Gasteiger partial charge >= 0.3 is 0 Å². The molecule has 0 bridgehead atoms. The molecule has 2 heterocycles. The first-order valence-electron chi connectivity index (χ1n) is 13.7. The Morgan fingerprint density at radius 3 is 2.54 bits per heavy atom. The summed E-state index contributed by atoms with van der Waals surface area (Å²) < 4.78 is 16.6. The molecule has 218 valence electrons. The number of nitrogens with zero attached hydrogens (tertiary/aromatic N) is 2. The van der Waals surface area contributed by atoms with Crippen molar-refractivity contribution in [2.24, 2.45) is 11.3 Å². The molecule has 0 radical (unpaired) electrons. The van der Waals surface area contributed by atoms with E-state index in [0.717, 1.165) is 12.0 Å². The number of fused-ring (bicyclic) bond motifs is 2. The topological polar surface area (TPSA) is 89.3 Å². The number of ether oxygens (including phenoxy) is 2. The van der Waals surface area contributed by atoms with Gasteiger partial charge in [-0.15, -0.1) is 6.58 Å². The van der Waals surface area contributed by atoms with E-state index in [-0.39, 0.29) is 61.5 Å². The van der Waals surface area contributed by atoms with Gasteiger partial charge in [-0.05, 0) is 53.6 Å². The van der Waals surface area contributed by atoms with Crippen molar-refractivity contribution < 1.29 is 23.5 Å². The molecule has 0 spiro atoms. The van der Waals surface area contributed by atoms with Crippen molar-refractivity contribution >= 4 is 34.4 Å². The van der Waals surface area contributed by atoms with E-state index in [1.54, 1.807) is 35.2 Å². The zero-order chi connectivity index (χ0) is 29.7. The van der Waals surface area contributed by atoms with Gasteiger partial charge in [0.05, 0.1) is 23.8 Å². The Bertz CT molecular complexity index is 1490. The van der Waals surface area contributed by atoms with Crippen LogP contribution in [0.3, 0.4) is 0 Å². The first-order valence-corrected chi connectivity index (χ1v) is 14.1. The minimum Gasteiger partial charge on any atom is -0.464 e. The Morgan fingerprint density at radius 2 is 1.80 bits per heavy atom. The largest absolute Gasteiger partial charge is 0.464 e. The van der Waals surface area contributed by atoms with Crippen LogP contribution in [0.2, 0.25) is 5.02 Å². The molecule has 1 aromatic heterocycles. The smallest absolute Gasteiger partial charge is 0.242 e. The fraction of sp³-hybridized carbons (Fsp3) is 0.406. The van der Waals surface area contributed by atoms with E-state index >= 15 is 0 Å². The van der Waals surface area contributed by atoms with Gasteiger partial charge in [0.25, 0.3) is 0 Å². The fourth-order valence-electron chi connectivity index (χ4n) is 5.17. The second kappa shape index (κ2) is 12.8. The molecule has 3 aromatic rings. The summed E-state index contributed by atoms with van der Waals surface area (Å²) in [5, 5.41) is 0.747. The Hall–Kier alpha value is -3.78. The second-order valence-corrected chi connectivity index (χ2v) is 12.2. The first-order chi connectivity index (χ1) is 19.4. The van der Waals surface area contributed by atoms with Crippen molar-refractivity contribution in [2.75, 3.05) is 19.9 Å². The lowest BCUT2D eigenvalue weighted by Crippen LogP contribution is -2.43. The number of amides is 2. The van der Waals surface area contributed by atoms with Crippen LogP contribution in [0.5, 0.6) is 11.5 Å². The summed E-state index contributed by atoms with van der Waals surface area (Å²) in [5.41, 5.74) is 1.31. The van der Waals surface area contributed by atoms with E-state index in [1.165, 1.54) is 11.2 Å². The molecule has 0 saturated heterocycles. The molecule has 4 rings (SSSR count). The van der Waals surface area contributed by atoms with Crippen molar-refractivity contribution in [3.63, 3.8) is 0 Å². The number of hydrogen-bond acceptors (Lipinski definition) is 6. The summed E-state index contributed by atoms with van der Waals surface area (Å²) in [6.07, 6.45) is 4.20. The van der Waals surface area contributed by atoms with Crippen LogP contribution in [0.4, 0.5) is 0 Å². The molecule has 0 fully saturated rings. The molecule has 2 amide bonds. The number of carbonyl (C=O) groups excluding carboxylic acids is 2. The average molecular weight is 581 g/mol. The fourth-order valence-corrected chi connectivity index (χ4v) is 5.34. The van der Waals surface area contributed by atoms with Gasteiger partial charge in [0.2, 0.25) is 18.6 Å². The molecule has 8 nitrogen and oxygen atoms in total. The molecule has 41 heavy (non-hydrogen) atoms. The molecule has 0 unspecified atom stereocenters. The molecular formula is C32H37ClN2O6. The van der Waals surface area contributed by atoms with Gasteiger partial charge in [-0.25, -0.2) is 0 Å². The molecule has 9 heteroatoms. The molecule has 1 aliphatic heterocycles. The van der Waals surface area contributed by atoms with Gasteiger partial charge in [-0.1, -0.05) is 51.4 Å². The predicted octanol–water partition coefficient (Wildman–Crippen LogP) is 6.18. The summed E-state index contributed by atoms with van der Waals surface area (Å²) >= 11 is 6.13. The minimum absolute atomic E-state index is 0.0192. The van der Waals surface area contributed by atoms with Crippen LogP contribution in [0.1, 0.15) is 51.7 Å². The zero-order valence-electron chi connectivity index (χ0n) is 24.1. The highest BCUT2D eigenvalue weighted by Gasteiger charge is 2.25. The molecule has 1 atom stereocenters. The van der Waals surface area contributed by atoms with Crippen molar-refractivity contribution in [3.05, 3.63) is 81.7 Å². The molecule has 0 N–H and O–H groups in total. The maximum Gasteiger partial charge on any atom is 0.242 e. The van der Waals surface area contributed by atoms with Crippen LogP contribution < -0.4 is 14.9 Å². The van der Waals surface area contributed by atoms with E-state index in [9.17, 15) is 14.4 Å². The summed E-state index contributed by atoms with van der Waals surface area (Å²) in [6, 6.07) is 10.3. The lowest BCUT2D eigenvalue weighted by molar-refractivity contribution is -0.141. The zero-order valence-corrected chi connectivity index (χ0v) is 24.8. The Labute approximate surface area is 245 Å². The van der Waals surface area contributed by atoms with Gasteiger partial charge in [0, 0.05) is 24.5 Å². The van der Waals surface area contributed by atoms with Crippen LogP contribution in [0.25, 0.3) is 11.0 Å². The lowest BCUT2D eigenvalue weighted by atomic mass is 9.84. The van der Waals surface area contributed by atoms with E-state index < -0.39 is 0 Å². The average Bonchev–Trinajstić information content (AvgIpc) is 3.36. The van der Waals surface area contributed by atoms with Crippen LogP contribution in [0, 0.1) is 11.3 Å². The second-order valence-electron chi connectivity index (χ2n) is 11.8. The number of rotatable bonds is 11. The van der Waals surface area contributed by atoms with Crippen molar-refractivity contribution in [1.29, 1.82) is 0 Å². The standard InChI is InChI=1S/C32H37ClN2O6/c1-6-11-34(29(36)12-21(2)15-32(3,4)5)18-30(37)35(16-22-7-9-27-28(13-22)41-20-40-27)17-23-19-39-26-10-8-24(33)14-25(26)31(23)38/h6-10,13-14,19,21H,1,11-12,15-18,20H2,2-5H3/t21-/m0/s1. The number of carbonyl (C=O) groups is 2. The maximum atomic E-state index is 13.8. The summed E-state index contributed by atoms with van der Waals surface area (Å²) in [4.78, 5) is 43.5. The number of halogens is 1. The molecule has 0 saturated carbocycles. The highest BCUT2D eigenvalue weighted by Crippen LogP contribution is 2.33. The summed E-state index contributed by atoms with van der Waals surface area (Å²) in [6.45, 7) is 12.6. The van der Waals surface area contributed by atoms with Crippen LogP contribution in [0.15, 0.2) is 64.5 Å². The third-order valence-electron chi connectivity index (χ3n) is 6.84. The summed E-state index contributed by atoms with van der Waals surface area (Å²) in [5.74, 6) is 0.949. The third kappa shape index (κ3) is 7.91. The van der Waals surface area contributed by atoms with Gasteiger partial charge in [-0.3, -0.25) is 14.4 Å². The highest BCUT2D eigenvalue weighted by atomic mass is 35.5. The Morgan fingerprint density at radius 1 is 1.05 bits per heavy atom. The predicted molar refractivity (Wildman–Crippen MR) is 159 cm³/mol. The van der Waals surface area contributed by atoms with Crippen LogP contribution in [-0.2, 0) is 22.7 Å². The molecule has 1 aliphatic rings. The van der Waals surface area contributed by atoms with E-state index in [2.05, 4.69) is 27.4 Å². The van der Waals surface area contributed by atoms with Gasteiger partial charge in [0.15, 0.2) is 16.9 Å². The van der Waals surface area contributed by atoms with E-state index in [4.69, 9.17) is 25.5 Å². The van der Waals surface area contributed by atoms with E-state index in [0.29, 0.717) is 39.5 Å². The molecule has 2 aromatic carbocycles. The van der Waals surface area contributed by atoms with Crippen LogP contribution >= 0.6 is 11.6 Å². The first kappa shape index (κ1) is 30.2. The summed E-state index contributed by atoms with van der Waals surface area (Å²) in [7, 11) is 0. The minimum atomic E-state index is -0.313. The SMILES string of the molecule is C=CCN(CC(=O)N(Cc1ccc2c(c1)OCO2)Cc1coc2ccc(Cl)cc2c1=O)C(=O)C[C@H](C)CC(C)(C)C. The highest BCUT2D eigenvalue weighted by molar-refractivity contribution is 6.31. The van der Waals surface area contributed by atoms with Crippen molar-refractivity contribution in [2.45, 2.75) is 53.6 Å². The maximum absolute atomic E-state index is 13.8. The van der Waals surface area contributed by atoms with Crippen LogP contribution in [-0.4, -0.2) is 41.5 Å². The third-order valence-corrected chi connectivity index (χ3v) is 7.08. The number of hydrogen-bond donors (Lipinski definition) is 0. The Balaban J connectivity index is 1.59. The normalized spacial score (nSPS) is 13.2. The monoisotopic (exact) mass is 580 g/mol. The quantitative estimate of drug-likeness (QED) is 0.252. The molecular weight excluding hydrogens is 544 g/mol. The van der Waals surface area contributed by atoms with Gasteiger partial charge in [0.1, 0.15) is 12.1 Å². The van der Waals surface area contributed by atoms with Gasteiger partial charge < -0.3 is 23.7 Å². The number of benzene rings is 2. The lowest BCUT2D eigenvalue weighted by Gasteiger charge is -2.29. The van der Waals surface area contributed by atoms with Crippen molar-refractivity contribution in [1.82, 2.24) is 9.80 Å². The van der Waals surface area contributed by atoms with Crippen molar-refractivity contribution in [3.8, 4) is 11.5 Å². The Kier molecular flexibility index (Phi) is 9.43.